The minimum absolute atomic E-state index is 0.0587. The van der Waals surface area contributed by atoms with Gasteiger partial charge >= 0.3 is 0 Å². The van der Waals surface area contributed by atoms with Crippen molar-refractivity contribution in [2.24, 2.45) is 11.7 Å². The number of aromatic amines is 1. The second-order valence-electron chi connectivity index (χ2n) is 6.96. The number of hydrogen-bond acceptors (Lipinski definition) is 4. The van der Waals surface area contributed by atoms with Crippen molar-refractivity contribution in [3.8, 4) is 0 Å². The van der Waals surface area contributed by atoms with E-state index in [4.69, 9.17) is 5.73 Å². The molecule has 0 unspecified atom stereocenters. The van der Waals surface area contributed by atoms with Gasteiger partial charge in [-0.05, 0) is 25.8 Å². The molecule has 3 aromatic rings. The van der Waals surface area contributed by atoms with Crippen molar-refractivity contribution >= 4 is 39.4 Å². The number of piperidine rings is 1. The zero-order valence-electron chi connectivity index (χ0n) is 15.3. The maximum atomic E-state index is 12.3. The summed E-state index contributed by atoms with van der Waals surface area (Å²) >= 11 is 0. The quantitative estimate of drug-likeness (QED) is 0.659. The number of anilines is 1. The normalized spacial score (nSPS) is 17.4. The molecule has 1 aromatic carbocycles. The predicted molar refractivity (Wildman–Crippen MR) is 106 cm³/mol. The van der Waals surface area contributed by atoms with Gasteiger partial charge in [0.15, 0.2) is 0 Å². The lowest BCUT2D eigenvalue weighted by Crippen LogP contribution is -2.43. The zero-order chi connectivity index (χ0) is 19.0. The second kappa shape index (κ2) is 6.90. The van der Waals surface area contributed by atoms with Crippen molar-refractivity contribution in [3.63, 3.8) is 0 Å². The average molecular weight is 365 g/mol. The molecule has 27 heavy (non-hydrogen) atoms. The Morgan fingerprint density at radius 1 is 1.37 bits per heavy atom. The van der Waals surface area contributed by atoms with Gasteiger partial charge in [-0.3, -0.25) is 9.59 Å². The molecule has 1 aliphatic heterocycles. The van der Waals surface area contributed by atoms with Gasteiger partial charge in [0.25, 0.3) is 5.91 Å². The summed E-state index contributed by atoms with van der Waals surface area (Å²) in [5.41, 5.74) is 7.57. The van der Waals surface area contributed by atoms with E-state index in [9.17, 15) is 9.59 Å². The number of aromatic nitrogens is 2. The second-order valence-corrected chi connectivity index (χ2v) is 6.96. The van der Waals surface area contributed by atoms with E-state index in [0.717, 1.165) is 41.5 Å². The summed E-state index contributed by atoms with van der Waals surface area (Å²) in [6.07, 6.45) is 3.33. The average Bonchev–Trinajstić information content (AvgIpc) is 3.07. The first-order valence-corrected chi connectivity index (χ1v) is 9.32. The molecule has 7 heteroatoms. The third kappa shape index (κ3) is 2.99. The van der Waals surface area contributed by atoms with Crippen LogP contribution in [-0.4, -0.2) is 41.4 Å². The molecule has 1 aliphatic rings. The summed E-state index contributed by atoms with van der Waals surface area (Å²) in [5.74, 6) is 0.314. The van der Waals surface area contributed by atoms with Gasteiger partial charge in [0.1, 0.15) is 5.82 Å². The number of nitrogens with zero attached hydrogens (tertiary/aromatic N) is 2. The van der Waals surface area contributed by atoms with Gasteiger partial charge in [-0.1, -0.05) is 18.2 Å². The first kappa shape index (κ1) is 17.3. The van der Waals surface area contributed by atoms with Gasteiger partial charge in [0.05, 0.1) is 22.4 Å². The zero-order valence-corrected chi connectivity index (χ0v) is 15.3. The number of pyridine rings is 1. The van der Waals surface area contributed by atoms with Gasteiger partial charge < -0.3 is 20.9 Å². The molecule has 0 radical (unpaired) electrons. The largest absolute Gasteiger partial charge is 0.365 e. The number of benzene rings is 1. The van der Waals surface area contributed by atoms with Crippen molar-refractivity contribution in [1.82, 2.24) is 15.3 Å². The summed E-state index contributed by atoms with van der Waals surface area (Å²) in [5, 5.41) is 4.81. The maximum absolute atomic E-state index is 12.3. The van der Waals surface area contributed by atoms with E-state index >= 15 is 0 Å². The van der Waals surface area contributed by atoms with Crippen LogP contribution in [0.2, 0.25) is 0 Å². The predicted octanol–water partition coefficient (Wildman–Crippen LogP) is 2.17. The lowest BCUT2D eigenvalue weighted by molar-refractivity contribution is -0.125. The SMILES string of the molecule is CCNC(=O)[C@H]1CCCN(c2ncc(C(N)=O)c3[nH]c4ccccc4c23)C1. The Hall–Kier alpha value is -3.09. The minimum Gasteiger partial charge on any atom is -0.365 e. The Bertz CT molecular complexity index is 1030. The van der Waals surface area contributed by atoms with Crippen LogP contribution in [-0.2, 0) is 4.79 Å². The van der Waals surface area contributed by atoms with Crippen molar-refractivity contribution < 1.29 is 9.59 Å². The molecular formula is C20H23N5O2. The van der Waals surface area contributed by atoms with Crippen LogP contribution in [0.1, 0.15) is 30.1 Å². The molecule has 1 fully saturated rings. The van der Waals surface area contributed by atoms with Crippen LogP contribution in [0.25, 0.3) is 21.8 Å². The first-order chi connectivity index (χ1) is 13.1. The highest BCUT2D eigenvalue weighted by atomic mass is 16.2. The monoisotopic (exact) mass is 365 g/mol. The van der Waals surface area contributed by atoms with Crippen molar-refractivity contribution in [3.05, 3.63) is 36.0 Å². The Morgan fingerprint density at radius 3 is 2.96 bits per heavy atom. The maximum Gasteiger partial charge on any atom is 0.252 e. The van der Waals surface area contributed by atoms with Crippen molar-refractivity contribution in [2.75, 3.05) is 24.5 Å². The Morgan fingerprint density at radius 2 is 2.19 bits per heavy atom. The van der Waals surface area contributed by atoms with Gasteiger partial charge in [-0.15, -0.1) is 0 Å². The van der Waals surface area contributed by atoms with E-state index in [1.807, 2.05) is 31.2 Å². The minimum atomic E-state index is -0.510. The van der Waals surface area contributed by atoms with E-state index in [0.29, 0.717) is 24.2 Å². The summed E-state index contributed by atoms with van der Waals surface area (Å²) < 4.78 is 0. The number of carbonyl (C=O) groups excluding carboxylic acids is 2. The molecule has 2 amide bonds. The number of carbonyl (C=O) groups is 2. The van der Waals surface area contributed by atoms with E-state index in [2.05, 4.69) is 20.2 Å². The molecule has 1 atom stereocenters. The van der Waals surface area contributed by atoms with Crippen LogP contribution in [0.4, 0.5) is 5.82 Å². The van der Waals surface area contributed by atoms with E-state index in [-0.39, 0.29) is 11.8 Å². The number of nitrogens with one attached hydrogen (secondary N) is 2. The molecule has 0 spiro atoms. The number of rotatable bonds is 4. The standard InChI is InChI=1S/C20H23N5O2/c1-2-22-20(27)12-6-5-9-25(11-12)19-16-13-7-3-4-8-15(13)24-17(16)14(10-23-19)18(21)26/h3-4,7-8,10,12,24H,2,5-6,9,11H2,1H3,(H2,21,26)(H,22,27)/t12-/m0/s1. The van der Waals surface area contributed by atoms with Crippen LogP contribution in [0, 0.1) is 5.92 Å². The van der Waals surface area contributed by atoms with Crippen LogP contribution in [0.3, 0.4) is 0 Å². The number of amides is 2. The Labute approximate surface area is 156 Å². The highest BCUT2D eigenvalue weighted by Gasteiger charge is 2.28. The molecule has 0 aliphatic carbocycles. The highest BCUT2D eigenvalue weighted by molar-refractivity contribution is 6.18. The van der Waals surface area contributed by atoms with Crippen molar-refractivity contribution in [1.29, 1.82) is 0 Å². The molecule has 140 valence electrons. The molecule has 4 N–H and O–H groups in total. The molecule has 4 rings (SSSR count). The van der Waals surface area contributed by atoms with Gasteiger partial charge in [0.2, 0.25) is 5.91 Å². The smallest absolute Gasteiger partial charge is 0.252 e. The number of H-pyrrole nitrogens is 1. The number of para-hydroxylation sites is 1. The van der Waals surface area contributed by atoms with E-state index < -0.39 is 5.91 Å². The lowest BCUT2D eigenvalue weighted by atomic mass is 9.96. The topological polar surface area (TPSA) is 104 Å². The summed E-state index contributed by atoms with van der Waals surface area (Å²) in [6.45, 7) is 4.00. The van der Waals surface area contributed by atoms with Crippen molar-refractivity contribution in [2.45, 2.75) is 19.8 Å². The van der Waals surface area contributed by atoms with Gasteiger partial charge in [-0.2, -0.15) is 0 Å². The lowest BCUT2D eigenvalue weighted by Gasteiger charge is -2.33. The fourth-order valence-corrected chi connectivity index (χ4v) is 3.96. The number of primary amides is 1. The molecule has 0 bridgehead atoms. The Balaban J connectivity index is 1.83. The number of fused-ring (bicyclic) bond motifs is 3. The van der Waals surface area contributed by atoms with Crippen LogP contribution < -0.4 is 16.0 Å². The summed E-state index contributed by atoms with van der Waals surface area (Å²) in [7, 11) is 0. The first-order valence-electron chi connectivity index (χ1n) is 9.32. The fourth-order valence-electron chi connectivity index (χ4n) is 3.96. The third-order valence-electron chi connectivity index (χ3n) is 5.22. The molecule has 3 heterocycles. The fraction of sp³-hybridized carbons (Fsp3) is 0.350. The summed E-state index contributed by atoms with van der Waals surface area (Å²) in [4.78, 5) is 34.3. The van der Waals surface area contributed by atoms with Crippen LogP contribution in [0.15, 0.2) is 30.5 Å². The number of nitrogens with two attached hydrogens (primary N) is 1. The van der Waals surface area contributed by atoms with E-state index in [1.165, 1.54) is 6.20 Å². The molecule has 2 aromatic heterocycles. The van der Waals surface area contributed by atoms with E-state index in [1.54, 1.807) is 0 Å². The summed E-state index contributed by atoms with van der Waals surface area (Å²) in [6, 6.07) is 7.89. The van der Waals surface area contributed by atoms with Gasteiger partial charge in [0, 0.05) is 36.7 Å². The van der Waals surface area contributed by atoms with Crippen LogP contribution in [0.5, 0.6) is 0 Å². The highest BCUT2D eigenvalue weighted by Crippen LogP contribution is 2.35. The van der Waals surface area contributed by atoms with Gasteiger partial charge in [-0.25, -0.2) is 4.98 Å². The van der Waals surface area contributed by atoms with Crippen LogP contribution >= 0.6 is 0 Å². The molecular weight excluding hydrogens is 342 g/mol. The number of hydrogen-bond donors (Lipinski definition) is 3. The molecule has 0 saturated carbocycles. The Kier molecular flexibility index (Phi) is 4.43. The third-order valence-corrected chi connectivity index (χ3v) is 5.22. The molecule has 1 saturated heterocycles. The molecule has 7 nitrogen and oxygen atoms in total.